The van der Waals surface area contributed by atoms with E-state index in [1.54, 1.807) is 0 Å². The molecular weight excluding hydrogens is 680 g/mol. The molecule has 3 heterocycles. The van der Waals surface area contributed by atoms with Crippen molar-refractivity contribution in [3.05, 3.63) is 23.8 Å². The predicted molar refractivity (Wildman–Crippen MR) is 182 cm³/mol. The summed E-state index contributed by atoms with van der Waals surface area (Å²) in [5.74, 6) is -0.465. The van der Waals surface area contributed by atoms with E-state index in [-0.39, 0.29) is 42.5 Å². The monoisotopic (exact) mass is 740 g/mol. The van der Waals surface area contributed by atoms with Gasteiger partial charge in [-0.3, -0.25) is 0 Å². The Morgan fingerprint density at radius 3 is 2.42 bits per heavy atom. The predicted octanol–water partition coefficient (Wildman–Crippen LogP) is -0.153. The number of allylic oxidation sites excluding steroid dienone is 1. The summed E-state index contributed by atoms with van der Waals surface area (Å²) in [7, 11) is 0. The summed E-state index contributed by atoms with van der Waals surface area (Å²) < 4.78 is 29.8. The van der Waals surface area contributed by atoms with Gasteiger partial charge in [-0.25, -0.2) is 0 Å². The number of aliphatic hydroxyl groups excluding tert-OH is 8. The molecule has 9 N–H and O–H groups in total. The zero-order valence-corrected chi connectivity index (χ0v) is 30.4. The van der Waals surface area contributed by atoms with Gasteiger partial charge in [0.1, 0.15) is 42.7 Å². The van der Waals surface area contributed by atoms with Gasteiger partial charge in [-0.15, -0.1) is 0 Å². The fourth-order valence-corrected chi connectivity index (χ4v) is 11.7. The highest BCUT2D eigenvalue weighted by atomic mass is 16.7. The molecule has 0 aromatic carbocycles. The van der Waals surface area contributed by atoms with Crippen molar-refractivity contribution in [2.45, 2.75) is 152 Å². The maximum absolute atomic E-state index is 11.9. The topological polar surface area (TPSA) is 228 Å². The van der Waals surface area contributed by atoms with Crippen molar-refractivity contribution >= 4 is 0 Å². The van der Waals surface area contributed by atoms with E-state index in [1.165, 1.54) is 5.57 Å². The molecule has 0 aromatic heterocycles. The van der Waals surface area contributed by atoms with E-state index in [4.69, 9.17) is 23.7 Å². The quantitative estimate of drug-likeness (QED) is 0.140. The number of aliphatic hydroxyl groups is 9. The first-order valence-corrected chi connectivity index (χ1v) is 19.2. The normalized spacial score (nSPS) is 54.5. The summed E-state index contributed by atoms with van der Waals surface area (Å²) in [5, 5.41) is 93.7. The van der Waals surface area contributed by atoms with Gasteiger partial charge in [-0.1, -0.05) is 44.6 Å². The van der Waals surface area contributed by atoms with Gasteiger partial charge in [-0.2, -0.15) is 0 Å². The third kappa shape index (κ3) is 6.36. The molecule has 6 fully saturated rings. The Morgan fingerprint density at radius 2 is 1.69 bits per heavy atom. The molecule has 7 rings (SSSR count). The highest BCUT2D eigenvalue weighted by Gasteiger charge is 2.68. The summed E-state index contributed by atoms with van der Waals surface area (Å²) in [6, 6.07) is 0. The molecule has 0 bridgehead atoms. The van der Waals surface area contributed by atoms with Gasteiger partial charge in [0.2, 0.25) is 0 Å². The van der Waals surface area contributed by atoms with Crippen LogP contribution in [0.1, 0.15) is 72.1 Å². The molecule has 20 atom stereocenters. The van der Waals surface area contributed by atoms with Crippen molar-refractivity contribution in [3.63, 3.8) is 0 Å². The first kappa shape index (κ1) is 39.2. The highest BCUT2D eigenvalue weighted by Crippen LogP contribution is 2.70. The lowest BCUT2D eigenvalue weighted by atomic mass is 9.46. The first-order valence-electron chi connectivity index (χ1n) is 19.2. The number of fused-ring (bicyclic) bond motifs is 7. The van der Waals surface area contributed by atoms with Gasteiger partial charge in [-0.05, 0) is 67.6 Å². The van der Waals surface area contributed by atoms with Crippen molar-refractivity contribution in [2.75, 3.05) is 19.8 Å². The number of rotatable bonds is 9. The van der Waals surface area contributed by atoms with E-state index >= 15 is 0 Å². The van der Waals surface area contributed by atoms with Crippen LogP contribution in [0.15, 0.2) is 23.8 Å². The first-order chi connectivity index (χ1) is 24.5. The van der Waals surface area contributed by atoms with Crippen LogP contribution < -0.4 is 0 Å². The SMILES string of the molecule is C=C(CCC1(O)OC2CC3C4CC=C5CC(O)CC(OC6OCC(O)C(O)C6O)C5(C)C4CCC3(C)C2C1C)COC1OC(CO)C(O)C(O)C1O. The Balaban J connectivity index is 1.00. The minimum Gasteiger partial charge on any atom is -0.394 e. The molecule has 0 amide bonds. The summed E-state index contributed by atoms with van der Waals surface area (Å²) in [4.78, 5) is 0. The van der Waals surface area contributed by atoms with Gasteiger partial charge in [0.25, 0.3) is 0 Å². The second kappa shape index (κ2) is 14.5. The lowest BCUT2D eigenvalue weighted by Crippen LogP contribution is -2.60. The van der Waals surface area contributed by atoms with E-state index in [0.717, 1.165) is 25.7 Å². The largest absolute Gasteiger partial charge is 0.394 e. The van der Waals surface area contributed by atoms with Gasteiger partial charge in [0, 0.05) is 24.2 Å². The molecule has 4 aliphatic carbocycles. The van der Waals surface area contributed by atoms with Crippen molar-refractivity contribution in [1.29, 1.82) is 0 Å². The minimum atomic E-state index is -1.53. The Labute approximate surface area is 305 Å². The van der Waals surface area contributed by atoms with Crippen LogP contribution in [0.25, 0.3) is 0 Å². The molecule has 3 aliphatic heterocycles. The Kier molecular flexibility index (Phi) is 10.9. The van der Waals surface area contributed by atoms with Crippen LogP contribution in [-0.4, -0.2) is 145 Å². The molecule has 52 heavy (non-hydrogen) atoms. The van der Waals surface area contributed by atoms with Gasteiger partial charge in [0.15, 0.2) is 18.4 Å². The van der Waals surface area contributed by atoms with Crippen molar-refractivity contribution in [3.8, 4) is 0 Å². The molecule has 0 radical (unpaired) electrons. The number of hydrogen-bond acceptors (Lipinski definition) is 14. The molecule has 0 aromatic rings. The van der Waals surface area contributed by atoms with E-state index in [1.807, 2.05) is 0 Å². The highest BCUT2D eigenvalue weighted by molar-refractivity contribution is 5.28. The molecule has 14 nitrogen and oxygen atoms in total. The van der Waals surface area contributed by atoms with Crippen LogP contribution in [0.4, 0.5) is 0 Å². The van der Waals surface area contributed by atoms with E-state index in [2.05, 4.69) is 33.4 Å². The maximum atomic E-state index is 11.9. The van der Waals surface area contributed by atoms with Crippen LogP contribution in [0.2, 0.25) is 0 Å². The Morgan fingerprint density at radius 1 is 0.962 bits per heavy atom. The minimum absolute atomic E-state index is 0.0206. The fourth-order valence-electron chi connectivity index (χ4n) is 11.7. The lowest BCUT2D eigenvalue weighted by Gasteiger charge is -2.60. The van der Waals surface area contributed by atoms with Gasteiger partial charge in [0.05, 0.1) is 38.1 Å². The molecule has 3 saturated heterocycles. The molecule has 296 valence electrons. The van der Waals surface area contributed by atoms with Gasteiger partial charge >= 0.3 is 0 Å². The van der Waals surface area contributed by atoms with Crippen molar-refractivity contribution in [2.24, 2.45) is 40.4 Å². The number of ether oxygens (including phenoxy) is 5. The van der Waals surface area contributed by atoms with Crippen LogP contribution in [0.3, 0.4) is 0 Å². The average Bonchev–Trinajstić information content (AvgIpc) is 3.55. The van der Waals surface area contributed by atoms with Gasteiger partial charge < -0.3 is 69.6 Å². The molecule has 0 spiro atoms. The smallest absolute Gasteiger partial charge is 0.187 e. The van der Waals surface area contributed by atoms with Crippen molar-refractivity contribution in [1.82, 2.24) is 0 Å². The van der Waals surface area contributed by atoms with Crippen LogP contribution in [0.5, 0.6) is 0 Å². The molecule has 3 saturated carbocycles. The third-order valence-electron chi connectivity index (χ3n) is 14.7. The lowest BCUT2D eigenvalue weighted by molar-refractivity contribution is -0.300. The Hall–Kier alpha value is -1.08. The average molecular weight is 741 g/mol. The second-order valence-corrected chi connectivity index (χ2v) is 17.4. The molecular formula is C38H60O14. The molecule has 20 unspecified atom stereocenters. The number of hydrogen-bond donors (Lipinski definition) is 9. The van der Waals surface area contributed by atoms with Crippen LogP contribution in [-0.2, 0) is 23.7 Å². The summed E-state index contributed by atoms with van der Waals surface area (Å²) >= 11 is 0. The summed E-state index contributed by atoms with van der Waals surface area (Å²) in [5.41, 5.74) is 1.30. The zero-order valence-electron chi connectivity index (χ0n) is 30.4. The van der Waals surface area contributed by atoms with Crippen LogP contribution >= 0.6 is 0 Å². The maximum Gasteiger partial charge on any atom is 0.187 e. The Bertz CT molecular complexity index is 1340. The van der Waals surface area contributed by atoms with E-state index < -0.39 is 85.3 Å². The summed E-state index contributed by atoms with van der Waals surface area (Å²) in [6.45, 7) is 10.0. The zero-order chi connectivity index (χ0) is 37.5. The second-order valence-electron chi connectivity index (χ2n) is 17.4. The summed E-state index contributed by atoms with van der Waals surface area (Å²) in [6.07, 6.45) is -5.64. The van der Waals surface area contributed by atoms with Crippen LogP contribution in [0, 0.1) is 40.4 Å². The third-order valence-corrected chi connectivity index (χ3v) is 14.7. The fraction of sp³-hybridized carbons (Fsp3) is 0.895. The van der Waals surface area contributed by atoms with Crippen molar-refractivity contribution < 1.29 is 69.6 Å². The van der Waals surface area contributed by atoms with E-state index in [9.17, 15) is 46.0 Å². The molecule has 7 aliphatic rings. The van der Waals surface area contributed by atoms with E-state index in [0.29, 0.717) is 43.1 Å². The molecule has 14 heteroatoms. The standard InChI is InChI=1S/C38H60O14/c1-17(15-48-34-33(46)31(44)30(43)26(14-39)50-34)7-10-38(47)18(2)28-25(52-38)13-23-21-6-5-19-11-20(40)12-27(37(19,4)22(21)8-9-36(23,28)3)51-35-32(45)29(42)24(41)16-49-35/h5,18,20-35,39-47H,1,6-16H2,2-4H3.